The van der Waals surface area contributed by atoms with Gasteiger partial charge in [-0.25, -0.2) is 4.79 Å². The Hall–Kier alpha value is -1.73. The normalized spacial score (nSPS) is 23.4. The van der Waals surface area contributed by atoms with Gasteiger partial charge in [0.05, 0.1) is 23.9 Å². The van der Waals surface area contributed by atoms with Crippen molar-refractivity contribution < 1.29 is 23.6 Å². The van der Waals surface area contributed by atoms with Gasteiger partial charge in [0.15, 0.2) is 0 Å². The number of rotatable bonds is 2. The number of hydrogen-bond donors (Lipinski definition) is 1. The topological polar surface area (TPSA) is 66.0 Å². The van der Waals surface area contributed by atoms with Crippen molar-refractivity contribution in [3.05, 3.63) is 23.8 Å². The van der Waals surface area contributed by atoms with Crippen LogP contribution in [0, 0.1) is 0 Å². The third-order valence-corrected chi connectivity index (χ3v) is 5.29. The van der Waals surface area contributed by atoms with Crippen LogP contribution in [-0.4, -0.2) is 36.6 Å². The standard InChI is InChI=1S/C20H30BNO5/c1-18(2,3)25-17(23)22-15-10-11-24-16-9-8-13(12-14(15)16)21-26-19(4,5)20(6,7)27-21/h8-9,12,15H,10-11H2,1-7H3,(H,22,23)/t15-/m0/s1. The van der Waals surface area contributed by atoms with Gasteiger partial charge in [0.1, 0.15) is 11.4 Å². The van der Waals surface area contributed by atoms with Crippen LogP contribution in [0.2, 0.25) is 0 Å². The number of alkyl carbamates (subject to hydrolysis) is 1. The number of hydrogen-bond acceptors (Lipinski definition) is 5. The van der Waals surface area contributed by atoms with Crippen LogP contribution < -0.4 is 15.5 Å². The van der Waals surface area contributed by atoms with Gasteiger partial charge >= 0.3 is 13.2 Å². The van der Waals surface area contributed by atoms with Crippen molar-refractivity contribution in [1.29, 1.82) is 0 Å². The average Bonchev–Trinajstić information content (AvgIpc) is 2.73. The summed E-state index contributed by atoms with van der Waals surface area (Å²) in [6.07, 6.45) is 0.250. The summed E-state index contributed by atoms with van der Waals surface area (Å²) >= 11 is 0. The van der Waals surface area contributed by atoms with Gasteiger partial charge in [0.2, 0.25) is 0 Å². The number of benzene rings is 1. The third kappa shape index (κ3) is 4.24. The molecule has 0 aliphatic carbocycles. The fourth-order valence-electron chi connectivity index (χ4n) is 3.14. The van der Waals surface area contributed by atoms with E-state index < -0.39 is 30.0 Å². The molecule has 0 radical (unpaired) electrons. The van der Waals surface area contributed by atoms with Crippen molar-refractivity contribution in [2.45, 2.75) is 77.7 Å². The predicted molar refractivity (Wildman–Crippen MR) is 104 cm³/mol. The molecule has 2 aliphatic heterocycles. The smallest absolute Gasteiger partial charge is 0.493 e. The van der Waals surface area contributed by atoms with Crippen LogP contribution in [-0.2, 0) is 14.0 Å². The van der Waals surface area contributed by atoms with Gasteiger partial charge < -0.3 is 24.1 Å². The summed E-state index contributed by atoms with van der Waals surface area (Å²) in [7, 11) is -0.454. The van der Waals surface area contributed by atoms with Gasteiger partial charge in [-0.2, -0.15) is 0 Å². The number of ether oxygens (including phenoxy) is 2. The lowest BCUT2D eigenvalue weighted by Crippen LogP contribution is -2.41. The lowest BCUT2D eigenvalue weighted by molar-refractivity contribution is 0.00578. The number of fused-ring (bicyclic) bond motifs is 1. The Kier molecular flexibility index (Phi) is 4.97. The summed E-state index contributed by atoms with van der Waals surface area (Å²) in [4.78, 5) is 12.2. The van der Waals surface area contributed by atoms with Gasteiger partial charge in [0.25, 0.3) is 0 Å². The van der Waals surface area contributed by atoms with Gasteiger partial charge in [0, 0.05) is 12.0 Å². The van der Waals surface area contributed by atoms with E-state index in [9.17, 15) is 4.79 Å². The molecule has 1 aromatic carbocycles. The first kappa shape index (κ1) is 20.0. The maximum atomic E-state index is 12.2. The van der Waals surface area contributed by atoms with E-state index in [-0.39, 0.29) is 6.04 Å². The molecule has 1 aromatic rings. The van der Waals surface area contributed by atoms with E-state index in [2.05, 4.69) is 5.32 Å². The first-order valence-electron chi connectivity index (χ1n) is 9.50. The van der Waals surface area contributed by atoms with Crippen LogP contribution >= 0.6 is 0 Å². The third-order valence-electron chi connectivity index (χ3n) is 5.29. The first-order chi connectivity index (χ1) is 12.4. The van der Waals surface area contributed by atoms with Gasteiger partial charge in [-0.15, -0.1) is 0 Å². The van der Waals surface area contributed by atoms with E-state index in [0.717, 1.165) is 16.8 Å². The van der Waals surface area contributed by atoms with Crippen LogP contribution in [0.4, 0.5) is 4.79 Å². The van der Waals surface area contributed by atoms with Crippen molar-refractivity contribution in [2.75, 3.05) is 6.61 Å². The van der Waals surface area contributed by atoms with Crippen molar-refractivity contribution >= 4 is 18.7 Å². The summed E-state index contributed by atoms with van der Waals surface area (Å²) < 4.78 is 23.5. The molecule has 1 amide bonds. The summed E-state index contributed by atoms with van der Waals surface area (Å²) in [5.74, 6) is 0.766. The number of carbonyl (C=O) groups is 1. The highest BCUT2D eigenvalue weighted by molar-refractivity contribution is 6.62. The summed E-state index contributed by atoms with van der Waals surface area (Å²) in [5.41, 5.74) is 0.479. The Balaban J connectivity index is 1.81. The lowest BCUT2D eigenvalue weighted by atomic mass is 9.77. The quantitative estimate of drug-likeness (QED) is 0.804. The van der Waals surface area contributed by atoms with E-state index in [0.29, 0.717) is 13.0 Å². The van der Waals surface area contributed by atoms with Crippen molar-refractivity contribution in [2.24, 2.45) is 0 Å². The molecule has 2 aliphatic rings. The van der Waals surface area contributed by atoms with Crippen molar-refractivity contribution in [3.8, 4) is 5.75 Å². The lowest BCUT2D eigenvalue weighted by Gasteiger charge is -2.32. The zero-order valence-corrected chi connectivity index (χ0v) is 17.3. The fraction of sp³-hybridized carbons (Fsp3) is 0.650. The molecule has 0 spiro atoms. The molecule has 0 saturated carbocycles. The van der Waals surface area contributed by atoms with Crippen molar-refractivity contribution in [3.63, 3.8) is 0 Å². The molecule has 0 aromatic heterocycles. The minimum atomic E-state index is -0.539. The van der Waals surface area contributed by atoms with Gasteiger partial charge in [-0.3, -0.25) is 0 Å². The molecule has 3 rings (SSSR count). The number of nitrogens with one attached hydrogen (secondary N) is 1. The SMILES string of the molecule is CC(C)(C)OC(=O)N[C@H]1CCOc2ccc(B3OC(C)(C)C(C)(C)O3)cc21. The molecule has 1 N–H and O–H groups in total. The second-order valence-electron chi connectivity index (χ2n) is 9.22. The molecule has 0 bridgehead atoms. The molecule has 27 heavy (non-hydrogen) atoms. The average molecular weight is 375 g/mol. The Morgan fingerprint density at radius 1 is 1.19 bits per heavy atom. The van der Waals surface area contributed by atoms with E-state index >= 15 is 0 Å². The van der Waals surface area contributed by atoms with Crippen LogP contribution in [0.5, 0.6) is 5.75 Å². The monoisotopic (exact) mass is 375 g/mol. The van der Waals surface area contributed by atoms with E-state index in [4.69, 9.17) is 18.8 Å². The van der Waals surface area contributed by atoms with Gasteiger partial charge in [-0.1, -0.05) is 12.1 Å². The van der Waals surface area contributed by atoms with Crippen LogP contribution in [0.25, 0.3) is 0 Å². The summed E-state index contributed by atoms with van der Waals surface area (Å²) in [5, 5.41) is 2.96. The molecular weight excluding hydrogens is 345 g/mol. The Morgan fingerprint density at radius 3 is 2.41 bits per heavy atom. The van der Waals surface area contributed by atoms with Gasteiger partial charge in [-0.05, 0) is 60.0 Å². The molecule has 148 valence electrons. The summed E-state index contributed by atoms with van der Waals surface area (Å²) in [6, 6.07) is 5.69. The van der Waals surface area contributed by atoms with E-state index in [1.54, 1.807) is 0 Å². The minimum Gasteiger partial charge on any atom is -0.493 e. The van der Waals surface area contributed by atoms with E-state index in [1.165, 1.54) is 0 Å². The fourth-order valence-corrected chi connectivity index (χ4v) is 3.14. The molecule has 2 heterocycles. The second-order valence-corrected chi connectivity index (χ2v) is 9.22. The molecule has 7 heteroatoms. The molecular formula is C20H30BNO5. The highest BCUT2D eigenvalue weighted by Crippen LogP contribution is 2.37. The van der Waals surface area contributed by atoms with Crippen LogP contribution in [0.15, 0.2) is 18.2 Å². The maximum Gasteiger partial charge on any atom is 0.494 e. The Bertz CT molecular complexity index is 710. The largest absolute Gasteiger partial charge is 0.494 e. The Morgan fingerprint density at radius 2 is 1.81 bits per heavy atom. The molecule has 1 fully saturated rings. The van der Waals surface area contributed by atoms with E-state index in [1.807, 2.05) is 66.7 Å². The van der Waals surface area contributed by atoms with Crippen LogP contribution in [0.3, 0.4) is 0 Å². The zero-order chi connectivity index (χ0) is 20.0. The molecule has 6 nitrogen and oxygen atoms in total. The summed E-state index contributed by atoms with van der Waals surface area (Å²) in [6.45, 7) is 14.2. The zero-order valence-electron chi connectivity index (χ0n) is 17.3. The Labute approximate surface area is 162 Å². The second kappa shape index (κ2) is 6.71. The number of carbonyl (C=O) groups excluding carboxylic acids is 1. The predicted octanol–water partition coefficient (Wildman–Crippen LogP) is 3.33. The minimum absolute atomic E-state index is 0.175. The highest BCUT2D eigenvalue weighted by Gasteiger charge is 2.51. The molecule has 1 atom stereocenters. The maximum absolute atomic E-state index is 12.2. The molecule has 0 unspecified atom stereocenters. The van der Waals surface area contributed by atoms with Crippen LogP contribution in [0.1, 0.15) is 66.5 Å². The number of amides is 1. The molecule has 1 saturated heterocycles. The highest BCUT2D eigenvalue weighted by atomic mass is 16.7. The van der Waals surface area contributed by atoms with Crippen molar-refractivity contribution in [1.82, 2.24) is 5.32 Å². The first-order valence-corrected chi connectivity index (χ1v) is 9.50.